The van der Waals surface area contributed by atoms with Gasteiger partial charge >= 0.3 is 6.09 Å². The molecule has 1 aromatic heterocycles. The van der Waals surface area contributed by atoms with Crippen molar-refractivity contribution in [3.63, 3.8) is 0 Å². The molecule has 4 aromatic rings. The quantitative estimate of drug-likeness (QED) is 0.144. The maximum Gasteiger partial charge on any atom is 0.412 e. The van der Waals surface area contributed by atoms with Crippen LogP contribution in [0.15, 0.2) is 76.4 Å². The molecule has 56 heavy (non-hydrogen) atoms. The molecule has 6 rings (SSSR count). The zero-order chi connectivity index (χ0) is 40.4. The molecular formula is C42H49N7O6S. The van der Waals surface area contributed by atoms with Gasteiger partial charge in [-0.2, -0.15) is 10.2 Å². The van der Waals surface area contributed by atoms with Crippen LogP contribution in [-0.2, 0) is 33.7 Å². The summed E-state index contributed by atoms with van der Waals surface area (Å²) >= 11 is 1.57. The van der Waals surface area contributed by atoms with Crippen LogP contribution >= 0.6 is 11.3 Å². The summed E-state index contributed by atoms with van der Waals surface area (Å²) in [7, 11) is 0. The van der Waals surface area contributed by atoms with Crippen molar-refractivity contribution in [3.8, 4) is 10.4 Å². The Morgan fingerprint density at radius 1 is 0.929 bits per heavy atom. The lowest BCUT2D eigenvalue weighted by Crippen LogP contribution is -2.57. The first-order valence-corrected chi connectivity index (χ1v) is 19.6. The summed E-state index contributed by atoms with van der Waals surface area (Å²) in [5.41, 5.74) is 7.21. The number of fused-ring (bicyclic) bond motifs is 2. The van der Waals surface area contributed by atoms with Crippen molar-refractivity contribution in [2.75, 3.05) is 11.9 Å². The number of ether oxygens (including phenoxy) is 1. The van der Waals surface area contributed by atoms with E-state index in [1.54, 1.807) is 56.4 Å². The van der Waals surface area contributed by atoms with E-state index in [9.17, 15) is 24.3 Å². The molecule has 3 aromatic carbocycles. The molecule has 2 aliphatic heterocycles. The number of aromatic nitrogens is 1. The molecular weight excluding hydrogens is 731 g/mol. The van der Waals surface area contributed by atoms with Gasteiger partial charge in [-0.1, -0.05) is 51.1 Å². The third kappa shape index (κ3) is 9.66. The van der Waals surface area contributed by atoms with Gasteiger partial charge in [-0.25, -0.2) is 9.78 Å². The van der Waals surface area contributed by atoms with Crippen LogP contribution < -0.4 is 16.0 Å². The summed E-state index contributed by atoms with van der Waals surface area (Å²) < 4.78 is 5.37. The average molecular weight is 780 g/mol. The van der Waals surface area contributed by atoms with Crippen molar-refractivity contribution in [2.45, 2.75) is 98.1 Å². The molecule has 294 valence electrons. The Bertz CT molecular complexity index is 2150. The van der Waals surface area contributed by atoms with Gasteiger partial charge in [-0.05, 0) is 98.5 Å². The van der Waals surface area contributed by atoms with E-state index in [2.05, 4.69) is 31.2 Å². The number of nitrogens with zero attached hydrogens (tertiary/aromatic N) is 4. The summed E-state index contributed by atoms with van der Waals surface area (Å²) in [5, 5.41) is 28.2. The minimum atomic E-state index is -1.00. The minimum absolute atomic E-state index is 0.0263. The summed E-state index contributed by atoms with van der Waals surface area (Å²) in [4.78, 5) is 60.6. The smallest absolute Gasteiger partial charge is 0.412 e. The molecule has 0 saturated carbocycles. The second kappa shape index (κ2) is 16.3. The predicted octanol–water partition coefficient (Wildman–Crippen LogP) is 7.40. The highest BCUT2D eigenvalue weighted by atomic mass is 32.1. The number of thiazole rings is 1. The highest BCUT2D eigenvalue weighted by molar-refractivity contribution is 7.13. The molecule has 0 spiro atoms. The van der Waals surface area contributed by atoms with E-state index in [-0.39, 0.29) is 25.4 Å². The van der Waals surface area contributed by atoms with Crippen molar-refractivity contribution >= 4 is 52.2 Å². The molecule has 0 unspecified atom stereocenters. The lowest BCUT2D eigenvalue weighted by molar-refractivity contribution is -0.142. The molecule has 14 heteroatoms. The zero-order valence-corrected chi connectivity index (χ0v) is 33.6. The monoisotopic (exact) mass is 779 g/mol. The van der Waals surface area contributed by atoms with Gasteiger partial charge in [0.2, 0.25) is 11.8 Å². The number of carbonyl (C=O) groups excluding carboxylic acids is 4. The fourth-order valence-corrected chi connectivity index (χ4v) is 7.58. The van der Waals surface area contributed by atoms with E-state index in [4.69, 9.17) is 4.74 Å². The number of amides is 4. The Balaban J connectivity index is 1.12. The van der Waals surface area contributed by atoms with Crippen LogP contribution in [-0.4, -0.2) is 69.1 Å². The number of carbonyl (C=O) groups is 4. The number of benzene rings is 3. The third-order valence-electron chi connectivity index (χ3n) is 9.68. The molecule has 2 aliphatic rings. The van der Waals surface area contributed by atoms with Crippen LogP contribution in [0.3, 0.4) is 0 Å². The van der Waals surface area contributed by atoms with Gasteiger partial charge in [-0.3, -0.25) is 19.7 Å². The van der Waals surface area contributed by atoms with E-state index >= 15 is 0 Å². The molecule has 1 fully saturated rings. The molecule has 3 heterocycles. The molecule has 4 N–H and O–H groups in total. The number of nitrogens with one attached hydrogen (secondary N) is 3. The number of aliphatic hydroxyl groups is 1. The number of aliphatic hydroxyl groups excluding tert-OH is 1. The first kappa shape index (κ1) is 40.2. The number of hydrogen-bond acceptors (Lipinski definition) is 10. The van der Waals surface area contributed by atoms with Gasteiger partial charge < -0.3 is 25.4 Å². The summed E-state index contributed by atoms with van der Waals surface area (Å²) in [5.74, 6) is -1.30. The van der Waals surface area contributed by atoms with E-state index in [0.29, 0.717) is 35.5 Å². The fraction of sp³-hybridized carbons (Fsp3) is 0.405. The van der Waals surface area contributed by atoms with Crippen LogP contribution in [0.2, 0.25) is 0 Å². The highest BCUT2D eigenvalue weighted by Crippen LogP contribution is 2.34. The molecule has 1 saturated heterocycles. The highest BCUT2D eigenvalue weighted by Gasteiger charge is 2.44. The van der Waals surface area contributed by atoms with E-state index in [1.807, 2.05) is 69.6 Å². The van der Waals surface area contributed by atoms with Gasteiger partial charge in [0.25, 0.3) is 5.91 Å². The zero-order valence-electron chi connectivity index (χ0n) is 32.8. The Hall–Kier alpha value is -5.47. The van der Waals surface area contributed by atoms with Crippen LogP contribution in [0.25, 0.3) is 10.4 Å². The SMILES string of the molecule is Cc1ncsc1-c1ccc(CNC(=O)[C@@H]2C[C@@H](O)CN2C(=O)[C@@H](NC(=O)c2ccc3c(c2)N=Nc2ccc(NC(=O)OC(C)(C)C)cc2CC3)C(C)(C)C)cc1. The van der Waals surface area contributed by atoms with Crippen LogP contribution in [0.5, 0.6) is 0 Å². The standard InChI is InChI=1S/C42H49N7O6S/c1-24-35(56-23-44-24)27-10-8-25(9-11-27)21-43-38(52)34-20-31(50)22-49(34)39(53)36(41(2,3)4)46-37(51)29-15-13-26-12-14-28-18-30(45-40(54)55-42(5,6)7)16-17-32(28)47-48-33(26)19-29/h8-11,13,15-19,23,31,34,36,50H,12,14,20-22H2,1-7H3,(H,43,52)(H,45,54)(H,46,51)/t31-,34+,36-/m1/s1. The minimum Gasteiger partial charge on any atom is -0.444 e. The van der Waals surface area contributed by atoms with Crippen molar-refractivity contribution in [1.82, 2.24) is 20.5 Å². The Morgan fingerprint density at radius 2 is 1.64 bits per heavy atom. The van der Waals surface area contributed by atoms with Crippen LogP contribution in [0.1, 0.15) is 80.7 Å². The first-order chi connectivity index (χ1) is 26.4. The summed E-state index contributed by atoms with van der Waals surface area (Å²) in [6.07, 6.45) is -0.110. The Morgan fingerprint density at radius 3 is 2.32 bits per heavy atom. The molecule has 13 nitrogen and oxygen atoms in total. The van der Waals surface area contributed by atoms with E-state index in [0.717, 1.165) is 32.8 Å². The maximum atomic E-state index is 14.2. The lowest BCUT2D eigenvalue weighted by Gasteiger charge is -2.35. The van der Waals surface area contributed by atoms with Gasteiger partial charge in [0.15, 0.2) is 0 Å². The summed E-state index contributed by atoms with van der Waals surface area (Å²) in [6, 6.07) is 16.5. The largest absolute Gasteiger partial charge is 0.444 e. The van der Waals surface area contributed by atoms with Gasteiger partial charge in [0, 0.05) is 30.8 Å². The normalized spacial score (nSPS) is 17.2. The second-order valence-corrected chi connectivity index (χ2v) is 17.2. The lowest BCUT2D eigenvalue weighted by atomic mass is 9.85. The molecule has 3 atom stereocenters. The molecule has 0 aliphatic carbocycles. The number of rotatable bonds is 8. The van der Waals surface area contributed by atoms with Crippen molar-refractivity contribution < 1.29 is 29.0 Å². The van der Waals surface area contributed by atoms with E-state index in [1.165, 1.54) is 4.90 Å². The van der Waals surface area contributed by atoms with Crippen molar-refractivity contribution in [2.24, 2.45) is 15.6 Å². The van der Waals surface area contributed by atoms with Crippen molar-refractivity contribution in [3.05, 3.63) is 94.1 Å². The fourth-order valence-electron chi connectivity index (χ4n) is 6.76. The number of azo groups is 1. The van der Waals surface area contributed by atoms with Crippen molar-refractivity contribution in [1.29, 1.82) is 0 Å². The molecule has 0 bridgehead atoms. The van der Waals surface area contributed by atoms with E-state index < -0.39 is 47.1 Å². The van der Waals surface area contributed by atoms with Gasteiger partial charge in [0.05, 0.1) is 33.6 Å². The number of β-amino-alcohol motifs (C(OH)–C–C–N with tert-alkyl or cyclic N) is 1. The van der Waals surface area contributed by atoms with Crippen LogP contribution in [0.4, 0.5) is 21.9 Å². The topological polar surface area (TPSA) is 175 Å². The Kier molecular flexibility index (Phi) is 11.7. The molecule has 4 amide bonds. The number of hydrogen-bond donors (Lipinski definition) is 4. The van der Waals surface area contributed by atoms with Crippen LogP contribution in [0, 0.1) is 12.3 Å². The summed E-state index contributed by atoms with van der Waals surface area (Å²) in [6.45, 7) is 13.1. The predicted molar refractivity (Wildman–Crippen MR) is 215 cm³/mol. The third-order valence-corrected chi connectivity index (χ3v) is 10.7. The Labute approximate surface area is 331 Å². The second-order valence-electron chi connectivity index (χ2n) is 16.4. The maximum absolute atomic E-state index is 14.2. The van der Waals surface area contributed by atoms with Gasteiger partial charge in [-0.15, -0.1) is 11.3 Å². The van der Waals surface area contributed by atoms with Gasteiger partial charge in [0.1, 0.15) is 17.7 Å². The number of aryl methyl sites for hydroxylation is 3. The molecule has 0 radical (unpaired) electrons. The average Bonchev–Trinajstić information content (AvgIpc) is 3.74. The first-order valence-electron chi connectivity index (χ1n) is 18.7. The number of likely N-dealkylation sites (tertiary alicyclic amines) is 1. The number of anilines is 1.